The molecule has 0 aliphatic carbocycles. The van der Waals surface area contributed by atoms with Crippen LogP contribution in [0.3, 0.4) is 0 Å². The first kappa shape index (κ1) is 15.1. The van der Waals surface area contributed by atoms with Crippen LogP contribution in [0, 0.1) is 12.8 Å². The van der Waals surface area contributed by atoms with Crippen molar-refractivity contribution in [2.24, 2.45) is 5.92 Å². The third-order valence-corrected chi connectivity index (χ3v) is 4.05. The largest absolute Gasteiger partial charge is 0.481 e. The van der Waals surface area contributed by atoms with Crippen molar-refractivity contribution in [3.8, 4) is 0 Å². The number of piperidine rings is 1. The molecule has 2 rings (SSSR count). The molecule has 1 aromatic heterocycles. The number of aryl methyl sites for hydroxylation is 1. The highest BCUT2D eigenvalue weighted by molar-refractivity contribution is 9.10. The minimum atomic E-state index is -0.778. The van der Waals surface area contributed by atoms with Gasteiger partial charge in [-0.15, -0.1) is 0 Å². The lowest BCUT2D eigenvalue weighted by Gasteiger charge is -2.32. The second-order valence-electron chi connectivity index (χ2n) is 5.25. The number of likely N-dealkylation sites (tertiary alicyclic amines) is 1. The minimum Gasteiger partial charge on any atom is -0.481 e. The summed E-state index contributed by atoms with van der Waals surface area (Å²) in [6.07, 6.45) is 2.69. The zero-order valence-electron chi connectivity index (χ0n) is 11.4. The van der Waals surface area contributed by atoms with E-state index in [1.54, 1.807) is 11.0 Å². The van der Waals surface area contributed by atoms with Gasteiger partial charge in [0.25, 0.3) is 5.91 Å². The van der Waals surface area contributed by atoms with Crippen LogP contribution >= 0.6 is 15.9 Å². The van der Waals surface area contributed by atoms with Crippen LogP contribution in [0.5, 0.6) is 0 Å². The van der Waals surface area contributed by atoms with Gasteiger partial charge in [-0.2, -0.15) is 0 Å². The fourth-order valence-corrected chi connectivity index (χ4v) is 3.12. The van der Waals surface area contributed by atoms with E-state index < -0.39 is 5.97 Å². The summed E-state index contributed by atoms with van der Waals surface area (Å²) in [5.41, 5.74) is 0.814. The molecule has 1 saturated heterocycles. The number of aliphatic carboxylic acids is 1. The second kappa shape index (κ2) is 6.43. The highest BCUT2D eigenvalue weighted by atomic mass is 79.9. The van der Waals surface area contributed by atoms with Crippen molar-refractivity contribution in [1.29, 1.82) is 0 Å². The van der Waals surface area contributed by atoms with E-state index in [1.807, 2.05) is 6.92 Å². The van der Waals surface area contributed by atoms with Gasteiger partial charge in [-0.3, -0.25) is 9.59 Å². The Bertz CT molecular complexity index is 511. The molecule has 1 unspecified atom stereocenters. The van der Waals surface area contributed by atoms with Gasteiger partial charge in [-0.05, 0) is 54.1 Å². The van der Waals surface area contributed by atoms with Crippen molar-refractivity contribution in [1.82, 2.24) is 4.90 Å². The molecule has 6 heteroatoms. The monoisotopic (exact) mass is 343 g/mol. The molecule has 1 N–H and O–H groups in total. The zero-order chi connectivity index (χ0) is 14.7. The summed E-state index contributed by atoms with van der Waals surface area (Å²) in [7, 11) is 0. The lowest BCUT2D eigenvalue weighted by Crippen LogP contribution is -2.40. The Morgan fingerprint density at radius 3 is 2.90 bits per heavy atom. The maximum Gasteiger partial charge on any atom is 0.303 e. The van der Waals surface area contributed by atoms with Crippen molar-refractivity contribution in [3.63, 3.8) is 0 Å². The van der Waals surface area contributed by atoms with Gasteiger partial charge in [-0.25, -0.2) is 0 Å². The number of carbonyl (C=O) groups excluding carboxylic acids is 1. The van der Waals surface area contributed by atoms with E-state index in [4.69, 9.17) is 9.52 Å². The highest BCUT2D eigenvalue weighted by Crippen LogP contribution is 2.25. The SMILES string of the molecule is Cc1cc(Br)oc1C(=O)N1CCCC(CCC(=O)O)C1. The molecule has 0 aromatic carbocycles. The number of carboxylic acids is 1. The molecule has 110 valence electrons. The van der Waals surface area contributed by atoms with E-state index >= 15 is 0 Å². The molecule has 1 fully saturated rings. The summed E-state index contributed by atoms with van der Waals surface area (Å²) in [5, 5.41) is 8.74. The maximum absolute atomic E-state index is 12.4. The Kier molecular flexibility index (Phi) is 4.86. The second-order valence-corrected chi connectivity index (χ2v) is 6.04. The average Bonchev–Trinajstić information content (AvgIpc) is 2.75. The number of halogens is 1. The Balaban J connectivity index is 1.99. The number of carbonyl (C=O) groups is 2. The number of amides is 1. The van der Waals surface area contributed by atoms with Crippen LogP contribution < -0.4 is 0 Å². The smallest absolute Gasteiger partial charge is 0.303 e. The third kappa shape index (κ3) is 3.62. The summed E-state index contributed by atoms with van der Waals surface area (Å²) in [6.45, 7) is 3.16. The summed E-state index contributed by atoms with van der Waals surface area (Å²) in [6, 6.07) is 1.78. The van der Waals surface area contributed by atoms with Crippen molar-refractivity contribution in [2.75, 3.05) is 13.1 Å². The Labute approximate surface area is 126 Å². The van der Waals surface area contributed by atoms with Crippen LogP contribution in [0.4, 0.5) is 0 Å². The fourth-order valence-electron chi connectivity index (χ4n) is 2.61. The van der Waals surface area contributed by atoms with Gasteiger partial charge in [0.05, 0.1) is 0 Å². The molecule has 0 saturated carbocycles. The topological polar surface area (TPSA) is 70.8 Å². The fraction of sp³-hybridized carbons (Fsp3) is 0.571. The molecular weight excluding hydrogens is 326 g/mol. The molecule has 1 aliphatic rings. The van der Waals surface area contributed by atoms with E-state index in [-0.39, 0.29) is 18.2 Å². The zero-order valence-corrected chi connectivity index (χ0v) is 13.0. The van der Waals surface area contributed by atoms with E-state index in [0.29, 0.717) is 29.9 Å². The molecular formula is C14H18BrNO4. The average molecular weight is 344 g/mol. The highest BCUT2D eigenvalue weighted by Gasteiger charge is 2.27. The number of hydrogen-bond donors (Lipinski definition) is 1. The lowest BCUT2D eigenvalue weighted by atomic mass is 9.93. The number of carboxylic acid groups (broad SMARTS) is 1. The molecule has 1 aliphatic heterocycles. The molecule has 0 radical (unpaired) electrons. The minimum absolute atomic E-state index is 0.103. The molecule has 1 amide bonds. The number of hydrogen-bond acceptors (Lipinski definition) is 3. The summed E-state index contributed by atoms with van der Waals surface area (Å²) in [5.74, 6) is -0.245. The number of nitrogens with zero attached hydrogens (tertiary/aromatic N) is 1. The van der Waals surface area contributed by atoms with Crippen LogP contribution in [0.1, 0.15) is 41.8 Å². The van der Waals surface area contributed by atoms with Crippen molar-refractivity contribution < 1.29 is 19.1 Å². The van der Waals surface area contributed by atoms with Gasteiger partial charge in [0.1, 0.15) is 0 Å². The van der Waals surface area contributed by atoms with E-state index in [2.05, 4.69) is 15.9 Å². The van der Waals surface area contributed by atoms with Gasteiger partial charge < -0.3 is 14.4 Å². The van der Waals surface area contributed by atoms with Gasteiger partial charge in [0.15, 0.2) is 10.4 Å². The van der Waals surface area contributed by atoms with Crippen LogP contribution in [0.25, 0.3) is 0 Å². The summed E-state index contributed by atoms with van der Waals surface area (Å²) >= 11 is 3.23. The van der Waals surface area contributed by atoms with Crippen LogP contribution in [-0.2, 0) is 4.79 Å². The summed E-state index contributed by atoms with van der Waals surface area (Å²) in [4.78, 5) is 24.8. The van der Waals surface area contributed by atoms with Crippen molar-refractivity contribution in [3.05, 3.63) is 22.1 Å². The lowest BCUT2D eigenvalue weighted by molar-refractivity contribution is -0.137. The predicted octanol–water partition coefficient (Wildman–Crippen LogP) is 3.07. The normalized spacial score (nSPS) is 19.1. The summed E-state index contributed by atoms with van der Waals surface area (Å²) < 4.78 is 5.95. The number of rotatable bonds is 4. The first-order valence-electron chi connectivity index (χ1n) is 6.74. The Morgan fingerprint density at radius 2 is 2.30 bits per heavy atom. The van der Waals surface area contributed by atoms with E-state index in [1.165, 1.54) is 0 Å². The van der Waals surface area contributed by atoms with Gasteiger partial charge in [0, 0.05) is 25.1 Å². The van der Waals surface area contributed by atoms with Crippen molar-refractivity contribution in [2.45, 2.75) is 32.6 Å². The first-order chi connectivity index (χ1) is 9.47. The first-order valence-corrected chi connectivity index (χ1v) is 7.53. The molecule has 1 aromatic rings. The molecule has 2 heterocycles. The molecule has 20 heavy (non-hydrogen) atoms. The predicted molar refractivity (Wildman–Crippen MR) is 76.6 cm³/mol. The van der Waals surface area contributed by atoms with Crippen molar-refractivity contribution >= 4 is 27.8 Å². The van der Waals surface area contributed by atoms with Gasteiger partial charge >= 0.3 is 5.97 Å². The van der Waals surface area contributed by atoms with E-state index in [9.17, 15) is 9.59 Å². The Morgan fingerprint density at radius 1 is 1.55 bits per heavy atom. The van der Waals surface area contributed by atoms with Crippen LogP contribution in [-0.4, -0.2) is 35.0 Å². The van der Waals surface area contributed by atoms with Gasteiger partial charge in [0.2, 0.25) is 0 Å². The van der Waals surface area contributed by atoms with E-state index in [0.717, 1.165) is 18.4 Å². The molecule has 1 atom stereocenters. The third-order valence-electron chi connectivity index (χ3n) is 3.65. The molecule has 0 bridgehead atoms. The number of furan rings is 1. The van der Waals surface area contributed by atoms with Crippen LogP contribution in [0.2, 0.25) is 0 Å². The Hall–Kier alpha value is -1.30. The molecule has 0 spiro atoms. The van der Waals surface area contributed by atoms with Crippen LogP contribution in [0.15, 0.2) is 15.2 Å². The maximum atomic E-state index is 12.4. The van der Waals surface area contributed by atoms with Gasteiger partial charge in [-0.1, -0.05) is 0 Å². The quantitative estimate of drug-likeness (QED) is 0.911. The molecule has 5 nitrogen and oxygen atoms in total. The standard InChI is InChI=1S/C14H18BrNO4/c1-9-7-11(15)20-13(9)14(19)16-6-2-3-10(8-16)4-5-12(17)18/h7,10H,2-6,8H2,1H3,(H,17,18).